The van der Waals surface area contributed by atoms with E-state index in [0.717, 1.165) is 10.6 Å². The highest BCUT2D eigenvalue weighted by atomic mass is 16.5. The molecule has 0 saturated carbocycles. The van der Waals surface area contributed by atoms with Crippen molar-refractivity contribution in [2.24, 2.45) is 0 Å². The van der Waals surface area contributed by atoms with Gasteiger partial charge in [-0.2, -0.15) is 0 Å². The van der Waals surface area contributed by atoms with Crippen LogP contribution in [0.4, 0.5) is 11.5 Å². The van der Waals surface area contributed by atoms with Gasteiger partial charge in [0.25, 0.3) is 23.3 Å². The molecule has 1 aromatic heterocycles. The van der Waals surface area contributed by atoms with Crippen LogP contribution >= 0.6 is 0 Å². The monoisotopic (exact) mass is 354 g/mol. The summed E-state index contributed by atoms with van der Waals surface area (Å²) in [6.07, 6.45) is 0. The molecule has 4 N–H and O–H groups in total. The minimum atomic E-state index is -1.02. The van der Waals surface area contributed by atoms with Crippen molar-refractivity contribution in [1.29, 1.82) is 0 Å². The van der Waals surface area contributed by atoms with Crippen LogP contribution in [0.25, 0.3) is 5.69 Å². The quantitative estimate of drug-likeness (QED) is 0.636. The number of nitrogens with two attached hydrogens (primary N) is 1. The van der Waals surface area contributed by atoms with Crippen LogP contribution in [0.15, 0.2) is 29.1 Å². The summed E-state index contributed by atoms with van der Waals surface area (Å²) in [5.74, 6) is -1.36. The summed E-state index contributed by atoms with van der Waals surface area (Å²) >= 11 is 0. The Labute approximate surface area is 146 Å². The number of nitrogens with one attached hydrogen (secondary N) is 2. The lowest BCUT2D eigenvalue weighted by Gasteiger charge is -2.31. The predicted molar refractivity (Wildman–Crippen MR) is 91.6 cm³/mol. The summed E-state index contributed by atoms with van der Waals surface area (Å²) in [5, 5.41) is 4.82. The summed E-state index contributed by atoms with van der Waals surface area (Å²) in [4.78, 5) is 48.2. The number of hydrogen-bond donors (Lipinski definition) is 3. The molecule has 4 rings (SSSR count). The van der Waals surface area contributed by atoms with Gasteiger partial charge in [0.1, 0.15) is 11.6 Å². The van der Waals surface area contributed by atoms with E-state index in [-0.39, 0.29) is 22.9 Å². The third kappa shape index (κ3) is 2.10. The SMILES string of the molecule is CC1(C)Oc2ccc(-n3c(N)c4c(cc3=O)C(=O)NC4=O)cc2NC1=O. The molecule has 26 heavy (non-hydrogen) atoms. The Kier molecular flexibility index (Phi) is 3.02. The Morgan fingerprint density at radius 3 is 2.50 bits per heavy atom. The summed E-state index contributed by atoms with van der Waals surface area (Å²) < 4.78 is 6.75. The van der Waals surface area contributed by atoms with Crippen molar-refractivity contribution in [3.05, 3.63) is 45.7 Å². The van der Waals surface area contributed by atoms with Crippen LogP contribution in [0.1, 0.15) is 34.6 Å². The zero-order chi connectivity index (χ0) is 18.8. The van der Waals surface area contributed by atoms with Crippen LogP contribution in [0.5, 0.6) is 5.75 Å². The Morgan fingerprint density at radius 1 is 1.04 bits per heavy atom. The van der Waals surface area contributed by atoms with E-state index in [9.17, 15) is 19.2 Å². The fourth-order valence-corrected chi connectivity index (χ4v) is 2.98. The molecule has 3 heterocycles. The minimum absolute atomic E-state index is 0.0475. The standard InChI is InChI=1S/C17H14N4O5/c1-17(2)16(25)19-9-5-7(3-4-10(9)26-17)21-11(22)6-8-12(13(21)18)15(24)20-14(8)23/h3-6H,18H2,1-2H3,(H,19,25)(H,20,23,24). The van der Waals surface area contributed by atoms with Gasteiger partial charge < -0.3 is 15.8 Å². The number of fused-ring (bicyclic) bond motifs is 2. The smallest absolute Gasteiger partial charge is 0.268 e. The molecule has 0 unspecified atom stereocenters. The van der Waals surface area contributed by atoms with Gasteiger partial charge in [-0.05, 0) is 32.0 Å². The first kappa shape index (κ1) is 15.9. The van der Waals surface area contributed by atoms with Crippen molar-refractivity contribution in [2.45, 2.75) is 19.4 Å². The van der Waals surface area contributed by atoms with E-state index in [4.69, 9.17) is 10.5 Å². The molecule has 9 heteroatoms. The van der Waals surface area contributed by atoms with Crippen molar-refractivity contribution in [1.82, 2.24) is 9.88 Å². The molecule has 2 aliphatic heterocycles. The van der Waals surface area contributed by atoms with E-state index in [1.54, 1.807) is 26.0 Å². The Morgan fingerprint density at radius 2 is 1.77 bits per heavy atom. The third-order valence-electron chi connectivity index (χ3n) is 4.33. The van der Waals surface area contributed by atoms with E-state index in [0.29, 0.717) is 17.1 Å². The lowest BCUT2D eigenvalue weighted by Crippen LogP contribution is -2.45. The number of carbonyl (C=O) groups excluding carboxylic acids is 3. The number of carbonyl (C=O) groups is 3. The number of pyridine rings is 1. The van der Waals surface area contributed by atoms with Crippen LogP contribution in [-0.4, -0.2) is 27.9 Å². The van der Waals surface area contributed by atoms with Gasteiger partial charge in [0.2, 0.25) is 0 Å². The average molecular weight is 354 g/mol. The average Bonchev–Trinajstić information content (AvgIpc) is 2.82. The van der Waals surface area contributed by atoms with Crippen molar-refractivity contribution >= 4 is 29.2 Å². The van der Waals surface area contributed by atoms with Gasteiger partial charge in [0.15, 0.2) is 5.60 Å². The summed E-state index contributed by atoms with van der Waals surface area (Å²) in [6, 6.07) is 5.74. The summed E-state index contributed by atoms with van der Waals surface area (Å²) in [6.45, 7) is 3.27. The molecular formula is C17H14N4O5. The number of ether oxygens (including phenoxy) is 1. The van der Waals surface area contributed by atoms with E-state index < -0.39 is 23.0 Å². The Bertz CT molecular complexity index is 1080. The second-order valence-corrected chi connectivity index (χ2v) is 6.52. The summed E-state index contributed by atoms with van der Waals surface area (Å²) in [7, 11) is 0. The Hall–Kier alpha value is -3.62. The molecule has 0 bridgehead atoms. The molecule has 0 saturated heterocycles. The van der Waals surface area contributed by atoms with Crippen LogP contribution < -0.4 is 26.7 Å². The maximum absolute atomic E-state index is 12.5. The van der Waals surface area contributed by atoms with E-state index in [1.807, 2.05) is 0 Å². The van der Waals surface area contributed by atoms with Crippen molar-refractivity contribution in [3.63, 3.8) is 0 Å². The van der Waals surface area contributed by atoms with Crippen LogP contribution in [-0.2, 0) is 4.79 Å². The maximum Gasteiger partial charge on any atom is 0.268 e. The van der Waals surface area contributed by atoms with Gasteiger partial charge in [-0.3, -0.25) is 29.1 Å². The third-order valence-corrected chi connectivity index (χ3v) is 4.33. The highest BCUT2D eigenvalue weighted by molar-refractivity contribution is 6.23. The number of rotatable bonds is 1. The fourth-order valence-electron chi connectivity index (χ4n) is 2.98. The Balaban J connectivity index is 1.89. The van der Waals surface area contributed by atoms with Crippen molar-refractivity contribution < 1.29 is 19.1 Å². The second kappa shape index (κ2) is 4.94. The predicted octanol–water partition coefficient (Wildman–Crippen LogP) is 0.413. The van der Waals surface area contributed by atoms with Crippen LogP contribution in [0.2, 0.25) is 0 Å². The number of anilines is 2. The number of aromatic nitrogens is 1. The molecule has 2 aromatic rings. The molecular weight excluding hydrogens is 340 g/mol. The van der Waals surface area contributed by atoms with E-state index in [1.165, 1.54) is 6.07 Å². The van der Waals surface area contributed by atoms with Crippen molar-refractivity contribution in [2.75, 3.05) is 11.1 Å². The molecule has 0 aliphatic carbocycles. The molecule has 0 atom stereocenters. The molecule has 2 aliphatic rings. The van der Waals surface area contributed by atoms with Crippen molar-refractivity contribution in [3.8, 4) is 11.4 Å². The maximum atomic E-state index is 12.5. The first-order valence-electron chi connectivity index (χ1n) is 7.75. The number of amides is 3. The van der Waals surface area contributed by atoms with Gasteiger partial charge in [0, 0.05) is 6.07 Å². The van der Waals surface area contributed by atoms with Crippen LogP contribution in [0.3, 0.4) is 0 Å². The highest BCUT2D eigenvalue weighted by Gasteiger charge is 2.36. The van der Waals surface area contributed by atoms with E-state index >= 15 is 0 Å². The lowest BCUT2D eigenvalue weighted by atomic mass is 10.1. The van der Waals surface area contributed by atoms with Gasteiger partial charge >= 0.3 is 0 Å². The van der Waals surface area contributed by atoms with Gasteiger partial charge in [-0.25, -0.2) is 0 Å². The zero-order valence-electron chi connectivity index (χ0n) is 13.9. The highest BCUT2D eigenvalue weighted by Crippen LogP contribution is 2.35. The number of benzene rings is 1. The molecule has 3 amide bonds. The van der Waals surface area contributed by atoms with Gasteiger partial charge in [-0.1, -0.05) is 0 Å². The fraction of sp³-hybridized carbons (Fsp3) is 0.176. The lowest BCUT2D eigenvalue weighted by molar-refractivity contribution is -0.129. The normalized spacial score (nSPS) is 17.1. The largest absolute Gasteiger partial charge is 0.476 e. The number of hydrogen-bond acceptors (Lipinski definition) is 6. The molecule has 0 radical (unpaired) electrons. The molecule has 9 nitrogen and oxygen atoms in total. The minimum Gasteiger partial charge on any atom is -0.476 e. The first-order chi connectivity index (χ1) is 12.2. The topological polar surface area (TPSA) is 133 Å². The van der Waals surface area contributed by atoms with Crippen LogP contribution in [0, 0.1) is 0 Å². The molecule has 0 spiro atoms. The number of nitrogens with zero attached hydrogens (tertiary/aromatic N) is 1. The zero-order valence-corrected chi connectivity index (χ0v) is 13.9. The summed E-state index contributed by atoms with van der Waals surface area (Å²) in [5.41, 5.74) is 5.01. The number of nitrogen functional groups attached to an aromatic ring is 1. The first-order valence-corrected chi connectivity index (χ1v) is 7.75. The van der Waals surface area contributed by atoms with Gasteiger partial charge in [-0.15, -0.1) is 0 Å². The number of imide groups is 1. The molecule has 0 fully saturated rings. The van der Waals surface area contributed by atoms with Gasteiger partial charge in [0.05, 0.1) is 22.5 Å². The van der Waals surface area contributed by atoms with E-state index in [2.05, 4.69) is 10.6 Å². The molecule has 1 aromatic carbocycles. The molecule has 132 valence electrons. The second-order valence-electron chi connectivity index (χ2n) is 6.52.